The molecule has 2 N–H and O–H groups in total. The smallest absolute Gasteiger partial charge is 0.123 e. The van der Waals surface area contributed by atoms with Crippen LogP contribution < -0.4 is 14.8 Å². The molecule has 0 aromatic heterocycles. The fourth-order valence-electron chi connectivity index (χ4n) is 2.22. The van der Waals surface area contributed by atoms with Crippen LogP contribution in [0.3, 0.4) is 0 Å². The van der Waals surface area contributed by atoms with E-state index in [0.29, 0.717) is 19.6 Å². The number of rotatable bonds is 8. The third-order valence-electron chi connectivity index (χ3n) is 2.97. The first-order valence-corrected chi connectivity index (χ1v) is 6.66. The second kappa shape index (κ2) is 7.47. The molecule has 5 heteroatoms. The van der Waals surface area contributed by atoms with Gasteiger partial charge >= 0.3 is 0 Å². The van der Waals surface area contributed by atoms with Gasteiger partial charge in [-0.05, 0) is 39.2 Å². The first-order chi connectivity index (χ1) is 9.38. The lowest BCUT2D eigenvalue weighted by molar-refractivity contribution is 0.0335. The maximum absolute atomic E-state index is 10.2. The van der Waals surface area contributed by atoms with Gasteiger partial charge in [0.2, 0.25) is 0 Å². The van der Waals surface area contributed by atoms with Crippen LogP contribution in [0.4, 0.5) is 0 Å². The Morgan fingerprint density at radius 1 is 1.25 bits per heavy atom. The van der Waals surface area contributed by atoms with Crippen molar-refractivity contribution in [3.63, 3.8) is 0 Å². The summed E-state index contributed by atoms with van der Waals surface area (Å²) in [5, 5.41) is 13.5. The zero-order chi connectivity index (χ0) is 15.2. The van der Waals surface area contributed by atoms with E-state index >= 15 is 0 Å². The second-order valence-electron chi connectivity index (χ2n) is 5.52. The molecule has 0 saturated carbocycles. The second-order valence-corrected chi connectivity index (χ2v) is 5.52. The van der Waals surface area contributed by atoms with E-state index in [1.54, 1.807) is 14.2 Å². The number of nitrogens with one attached hydrogen (secondary N) is 1. The lowest BCUT2D eigenvalue weighted by Crippen LogP contribution is -2.45. The third kappa shape index (κ3) is 5.36. The van der Waals surface area contributed by atoms with Crippen LogP contribution in [0.25, 0.3) is 0 Å². The van der Waals surface area contributed by atoms with E-state index in [2.05, 4.69) is 5.32 Å². The Morgan fingerprint density at radius 2 is 1.95 bits per heavy atom. The maximum atomic E-state index is 10.2. The van der Waals surface area contributed by atoms with Crippen molar-refractivity contribution in [1.29, 1.82) is 0 Å². The molecule has 114 valence electrons. The van der Waals surface area contributed by atoms with E-state index in [9.17, 15) is 5.11 Å². The van der Waals surface area contributed by atoms with Gasteiger partial charge in [-0.25, -0.2) is 0 Å². The minimum absolute atomic E-state index is 0.506. The summed E-state index contributed by atoms with van der Waals surface area (Å²) in [6.45, 7) is 3.55. The Bertz CT molecular complexity index is 420. The van der Waals surface area contributed by atoms with Crippen LogP contribution in [0.15, 0.2) is 18.2 Å². The van der Waals surface area contributed by atoms with E-state index in [1.807, 2.05) is 44.1 Å². The van der Waals surface area contributed by atoms with Gasteiger partial charge in [-0.1, -0.05) is 0 Å². The van der Waals surface area contributed by atoms with E-state index in [-0.39, 0.29) is 0 Å². The molecule has 0 fully saturated rings. The fourth-order valence-corrected chi connectivity index (χ4v) is 2.22. The molecule has 0 bridgehead atoms. The molecule has 1 atom stereocenters. The number of ether oxygens (including phenoxy) is 2. The minimum Gasteiger partial charge on any atom is -0.497 e. The molecule has 1 aromatic carbocycles. The predicted octanol–water partition coefficient (Wildman–Crippen LogP) is 1.11. The largest absolute Gasteiger partial charge is 0.497 e. The summed E-state index contributed by atoms with van der Waals surface area (Å²) in [6, 6.07) is 5.69. The first kappa shape index (κ1) is 16.8. The topological polar surface area (TPSA) is 54.0 Å². The SMILES string of the molecule is COc1ccc(OC)c(CNCC(C)(O)CN(C)C)c1. The molecule has 0 radical (unpaired) electrons. The van der Waals surface area contributed by atoms with Gasteiger partial charge < -0.3 is 24.8 Å². The summed E-state index contributed by atoms with van der Waals surface area (Å²) < 4.78 is 10.5. The number of methoxy groups -OCH3 is 2. The maximum Gasteiger partial charge on any atom is 0.123 e. The number of aliphatic hydroxyl groups is 1. The summed E-state index contributed by atoms with van der Waals surface area (Å²) in [5.74, 6) is 1.60. The molecule has 1 unspecified atom stereocenters. The number of hydrogen-bond acceptors (Lipinski definition) is 5. The Balaban J connectivity index is 2.60. The van der Waals surface area contributed by atoms with Gasteiger partial charge in [-0.2, -0.15) is 0 Å². The highest BCUT2D eigenvalue weighted by molar-refractivity contribution is 5.40. The van der Waals surface area contributed by atoms with Crippen LogP contribution in [0.1, 0.15) is 12.5 Å². The van der Waals surface area contributed by atoms with Gasteiger partial charge in [0.05, 0.1) is 19.8 Å². The Kier molecular flexibility index (Phi) is 6.26. The summed E-state index contributed by atoms with van der Waals surface area (Å²) in [4.78, 5) is 1.97. The van der Waals surface area contributed by atoms with Crippen LogP contribution in [0, 0.1) is 0 Å². The van der Waals surface area contributed by atoms with Gasteiger partial charge in [0.25, 0.3) is 0 Å². The Labute approximate surface area is 121 Å². The molecule has 0 aliphatic carbocycles. The molecule has 0 spiro atoms. The van der Waals surface area contributed by atoms with Crippen molar-refractivity contribution in [2.24, 2.45) is 0 Å². The number of nitrogens with zero attached hydrogens (tertiary/aromatic N) is 1. The molecule has 0 saturated heterocycles. The highest BCUT2D eigenvalue weighted by atomic mass is 16.5. The molecule has 20 heavy (non-hydrogen) atoms. The van der Waals surface area contributed by atoms with Crippen molar-refractivity contribution in [2.75, 3.05) is 41.4 Å². The van der Waals surface area contributed by atoms with Crippen LogP contribution in [0.2, 0.25) is 0 Å². The van der Waals surface area contributed by atoms with Gasteiger partial charge in [0, 0.05) is 25.2 Å². The van der Waals surface area contributed by atoms with Crippen LogP contribution >= 0.6 is 0 Å². The van der Waals surface area contributed by atoms with Gasteiger partial charge in [-0.15, -0.1) is 0 Å². The molecule has 0 aliphatic rings. The number of likely N-dealkylation sites (N-methyl/N-ethyl adjacent to an activating group) is 1. The van der Waals surface area contributed by atoms with Crippen LogP contribution in [0.5, 0.6) is 11.5 Å². The van der Waals surface area contributed by atoms with Crippen LogP contribution in [-0.4, -0.2) is 57.0 Å². The van der Waals surface area contributed by atoms with Crippen molar-refractivity contribution in [3.8, 4) is 11.5 Å². The number of benzene rings is 1. The molecule has 0 aliphatic heterocycles. The van der Waals surface area contributed by atoms with Crippen LogP contribution in [-0.2, 0) is 6.54 Å². The standard InChI is InChI=1S/C15H26N2O3/c1-15(18,11-17(2)3)10-16-9-12-8-13(19-4)6-7-14(12)20-5/h6-8,16,18H,9-11H2,1-5H3. The molecular formula is C15H26N2O3. The predicted molar refractivity (Wildman–Crippen MR) is 80.4 cm³/mol. The summed E-state index contributed by atoms with van der Waals surface area (Å²) in [6.07, 6.45) is 0. The van der Waals surface area contributed by atoms with Gasteiger partial charge in [-0.3, -0.25) is 0 Å². The third-order valence-corrected chi connectivity index (χ3v) is 2.97. The fraction of sp³-hybridized carbons (Fsp3) is 0.600. The lowest BCUT2D eigenvalue weighted by atomic mass is 10.1. The van der Waals surface area contributed by atoms with Crippen molar-refractivity contribution in [1.82, 2.24) is 10.2 Å². The van der Waals surface area contributed by atoms with Crippen molar-refractivity contribution in [2.45, 2.75) is 19.1 Å². The minimum atomic E-state index is -0.768. The monoisotopic (exact) mass is 282 g/mol. The molecule has 1 rings (SSSR count). The lowest BCUT2D eigenvalue weighted by Gasteiger charge is -2.27. The van der Waals surface area contributed by atoms with Crippen molar-refractivity contribution < 1.29 is 14.6 Å². The number of hydrogen-bond donors (Lipinski definition) is 2. The summed E-state index contributed by atoms with van der Waals surface area (Å²) in [7, 11) is 7.17. The zero-order valence-electron chi connectivity index (χ0n) is 13.1. The molecular weight excluding hydrogens is 256 g/mol. The van der Waals surface area contributed by atoms with Gasteiger partial charge in [0.1, 0.15) is 11.5 Å². The van der Waals surface area contributed by atoms with Crippen molar-refractivity contribution in [3.05, 3.63) is 23.8 Å². The quantitative estimate of drug-likeness (QED) is 0.748. The van der Waals surface area contributed by atoms with E-state index in [4.69, 9.17) is 9.47 Å². The van der Waals surface area contributed by atoms with E-state index in [1.165, 1.54) is 0 Å². The normalized spacial score (nSPS) is 14.2. The first-order valence-electron chi connectivity index (χ1n) is 6.66. The average Bonchev–Trinajstić information content (AvgIpc) is 2.36. The molecule has 1 aromatic rings. The Morgan fingerprint density at radius 3 is 2.50 bits per heavy atom. The van der Waals surface area contributed by atoms with Crippen molar-refractivity contribution >= 4 is 0 Å². The molecule has 5 nitrogen and oxygen atoms in total. The molecule has 0 heterocycles. The zero-order valence-corrected chi connectivity index (χ0v) is 13.1. The average molecular weight is 282 g/mol. The summed E-state index contributed by atoms with van der Waals surface area (Å²) in [5.41, 5.74) is 0.239. The molecule has 0 amide bonds. The highest BCUT2D eigenvalue weighted by Gasteiger charge is 2.20. The summed E-state index contributed by atoms with van der Waals surface area (Å²) >= 11 is 0. The van der Waals surface area contributed by atoms with E-state index in [0.717, 1.165) is 17.1 Å². The van der Waals surface area contributed by atoms with Gasteiger partial charge in [0.15, 0.2) is 0 Å². The van der Waals surface area contributed by atoms with E-state index < -0.39 is 5.60 Å². The Hall–Kier alpha value is -1.30. The highest BCUT2D eigenvalue weighted by Crippen LogP contribution is 2.23.